The maximum atomic E-state index is 3.60. The van der Waals surface area contributed by atoms with Gasteiger partial charge in [0.15, 0.2) is 0 Å². The molecule has 1 heterocycles. The van der Waals surface area contributed by atoms with Crippen molar-refractivity contribution in [1.82, 2.24) is 10.2 Å². The van der Waals surface area contributed by atoms with Crippen LogP contribution >= 0.6 is 0 Å². The number of likely N-dealkylation sites (tertiary alicyclic amines) is 1. The molecule has 0 bridgehead atoms. The molecule has 1 fully saturated rings. The predicted molar refractivity (Wildman–Crippen MR) is 73.1 cm³/mol. The zero-order valence-corrected chi connectivity index (χ0v) is 11.0. The van der Waals surface area contributed by atoms with Crippen molar-refractivity contribution in [2.24, 2.45) is 0 Å². The summed E-state index contributed by atoms with van der Waals surface area (Å²) in [5, 5.41) is 3.60. The fourth-order valence-electron chi connectivity index (χ4n) is 2.89. The fourth-order valence-corrected chi connectivity index (χ4v) is 2.89. The lowest BCUT2D eigenvalue weighted by Gasteiger charge is -2.39. The first kappa shape index (κ1) is 12.6. The van der Waals surface area contributed by atoms with Crippen molar-refractivity contribution in [1.29, 1.82) is 0 Å². The van der Waals surface area contributed by atoms with Gasteiger partial charge in [0.1, 0.15) is 0 Å². The minimum atomic E-state index is 0.596. The van der Waals surface area contributed by atoms with Crippen LogP contribution in [0.1, 0.15) is 38.3 Å². The molecular weight excluding hydrogens is 208 g/mol. The number of piperidine rings is 1. The topological polar surface area (TPSA) is 15.3 Å². The van der Waals surface area contributed by atoms with E-state index in [4.69, 9.17) is 0 Å². The predicted octanol–water partition coefficient (Wildman–Crippen LogP) is 2.82. The van der Waals surface area contributed by atoms with Crippen LogP contribution < -0.4 is 5.32 Å². The maximum absolute atomic E-state index is 3.60. The maximum Gasteiger partial charge on any atom is 0.0362 e. The van der Waals surface area contributed by atoms with Crippen LogP contribution in [0.4, 0.5) is 0 Å². The number of benzene rings is 1. The van der Waals surface area contributed by atoms with E-state index in [1.54, 1.807) is 0 Å². The zero-order valence-electron chi connectivity index (χ0n) is 11.0. The van der Waals surface area contributed by atoms with E-state index in [1.165, 1.54) is 24.9 Å². The Bertz CT molecular complexity index is 323. The van der Waals surface area contributed by atoms with Gasteiger partial charge in [-0.2, -0.15) is 0 Å². The Kier molecular flexibility index (Phi) is 4.57. The van der Waals surface area contributed by atoms with Gasteiger partial charge in [-0.25, -0.2) is 0 Å². The van der Waals surface area contributed by atoms with Gasteiger partial charge in [-0.3, -0.25) is 4.90 Å². The van der Waals surface area contributed by atoms with Crippen molar-refractivity contribution in [3.05, 3.63) is 35.9 Å². The lowest BCUT2D eigenvalue weighted by atomic mass is 9.92. The van der Waals surface area contributed by atoms with Gasteiger partial charge in [0.25, 0.3) is 0 Å². The van der Waals surface area contributed by atoms with Gasteiger partial charge in [-0.1, -0.05) is 44.2 Å². The third-order valence-corrected chi connectivity index (χ3v) is 3.80. The van der Waals surface area contributed by atoms with E-state index in [2.05, 4.69) is 54.4 Å². The Hall–Kier alpha value is -0.860. The molecule has 0 aliphatic carbocycles. The molecule has 2 rings (SSSR count). The summed E-state index contributed by atoms with van der Waals surface area (Å²) in [6.07, 6.45) is 2.52. The van der Waals surface area contributed by atoms with Gasteiger partial charge < -0.3 is 5.32 Å². The second-order valence-corrected chi connectivity index (χ2v) is 4.83. The molecular formula is C15H24N2. The van der Waals surface area contributed by atoms with Crippen molar-refractivity contribution in [2.45, 2.75) is 38.8 Å². The molecule has 17 heavy (non-hydrogen) atoms. The number of rotatable bonds is 4. The minimum absolute atomic E-state index is 0.596. The van der Waals surface area contributed by atoms with Crippen molar-refractivity contribution in [3.63, 3.8) is 0 Å². The standard InChI is InChI=1S/C15H24N2/c1-3-16-14-10-11-17(4-2)15(12-14)13-8-6-5-7-9-13/h5-9,14-16H,3-4,10-12H2,1-2H3/t14-,15?/m1/s1. The van der Waals surface area contributed by atoms with E-state index >= 15 is 0 Å². The smallest absolute Gasteiger partial charge is 0.0362 e. The Morgan fingerprint density at radius 3 is 2.65 bits per heavy atom. The highest BCUT2D eigenvalue weighted by Gasteiger charge is 2.27. The van der Waals surface area contributed by atoms with Crippen LogP contribution in [-0.2, 0) is 0 Å². The van der Waals surface area contributed by atoms with Gasteiger partial charge >= 0.3 is 0 Å². The van der Waals surface area contributed by atoms with E-state index in [0.717, 1.165) is 13.1 Å². The van der Waals surface area contributed by atoms with Crippen molar-refractivity contribution < 1.29 is 0 Å². The van der Waals surface area contributed by atoms with Crippen LogP contribution in [-0.4, -0.2) is 30.6 Å². The van der Waals surface area contributed by atoms with Crippen LogP contribution in [0.5, 0.6) is 0 Å². The average Bonchev–Trinajstić information content (AvgIpc) is 2.40. The summed E-state index contributed by atoms with van der Waals surface area (Å²) < 4.78 is 0. The fraction of sp³-hybridized carbons (Fsp3) is 0.600. The van der Waals surface area contributed by atoms with Gasteiger partial charge in [0.2, 0.25) is 0 Å². The quantitative estimate of drug-likeness (QED) is 0.858. The second-order valence-electron chi connectivity index (χ2n) is 4.83. The number of hydrogen-bond acceptors (Lipinski definition) is 2. The zero-order chi connectivity index (χ0) is 12.1. The summed E-state index contributed by atoms with van der Waals surface area (Å²) >= 11 is 0. The average molecular weight is 232 g/mol. The van der Waals surface area contributed by atoms with E-state index in [-0.39, 0.29) is 0 Å². The molecule has 2 nitrogen and oxygen atoms in total. The van der Waals surface area contributed by atoms with Crippen LogP contribution in [0.2, 0.25) is 0 Å². The molecule has 1 unspecified atom stereocenters. The SMILES string of the molecule is CCN[C@@H]1CCN(CC)C(c2ccccc2)C1. The summed E-state index contributed by atoms with van der Waals surface area (Å²) in [5.41, 5.74) is 1.47. The van der Waals surface area contributed by atoms with E-state index in [9.17, 15) is 0 Å². The van der Waals surface area contributed by atoms with Crippen LogP contribution in [0.25, 0.3) is 0 Å². The molecule has 0 spiro atoms. The molecule has 1 aliphatic heterocycles. The molecule has 1 aromatic carbocycles. The van der Waals surface area contributed by atoms with Crippen LogP contribution in [0, 0.1) is 0 Å². The minimum Gasteiger partial charge on any atom is -0.314 e. The van der Waals surface area contributed by atoms with Crippen LogP contribution in [0.15, 0.2) is 30.3 Å². The molecule has 94 valence electrons. The molecule has 1 aromatic rings. The summed E-state index contributed by atoms with van der Waals surface area (Å²) in [4.78, 5) is 2.60. The third-order valence-electron chi connectivity index (χ3n) is 3.80. The molecule has 2 atom stereocenters. The number of nitrogens with zero attached hydrogens (tertiary/aromatic N) is 1. The largest absolute Gasteiger partial charge is 0.314 e. The number of nitrogens with one attached hydrogen (secondary N) is 1. The summed E-state index contributed by atoms with van der Waals surface area (Å²) in [7, 11) is 0. The van der Waals surface area contributed by atoms with Crippen molar-refractivity contribution >= 4 is 0 Å². The summed E-state index contributed by atoms with van der Waals surface area (Å²) in [5.74, 6) is 0. The highest BCUT2D eigenvalue weighted by Crippen LogP contribution is 2.30. The molecule has 1 N–H and O–H groups in total. The van der Waals surface area contributed by atoms with Crippen molar-refractivity contribution in [2.75, 3.05) is 19.6 Å². The first-order valence-electron chi connectivity index (χ1n) is 6.87. The Morgan fingerprint density at radius 2 is 2.00 bits per heavy atom. The van der Waals surface area contributed by atoms with E-state index in [1.807, 2.05) is 0 Å². The normalized spacial score (nSPS) is 26.0. The van der Waals surface area contributed by atoms with Gasteiger partial charge in [-0.05, 0) is 31.5 Å². The lowest BCUT2D eigenvalue weighted by molar-refractivity contribution is 0.132. The van der Waals surface area contributed by atoms with Gasteiger partial charge in [0.05, 0.1) is 0 Å². The Labute approximate surface area is 105 Å². The van der Waals surface area contributed by atoms with E-state index in [0.29, 0.717) is 12.1 Å². The van der Waals surface area contributed by atoms with Crippen LogP contribution in [0.3, 0.4) is 0 Å². The monoisotopic (exact) mass is 232 g/mol. The molecule has 1 aliphatic rings. The molecule has 0 aromatic heterocycles. The van der Waals surface area contributed by atoms with Crippen molar-refractivity contribution in [3.8, 4) is 0 Å². The third kappa shape index (κ3) is 3.08. The molecule has 2 heteroatoms. The first-order valence-corrected chi connectivity index (χ1v) is 6.87. The molecule has 0 radical (unpaired) electrons. The molecule has 0 saturated carbocycles. The highest BCUT2D eigenvalue weighted by atomic mass is 15.2. The first-order chi connectivity index (χ1) is 8.35. The molecule has 0 amide bonds. The van der Waals surface area contributed by atoms with Gasteiger partial charge in [-0.15, -0.1) is 0 Å². The second kappa shape index (κ2) is 6.18. The van der Waals surface area contributed by atoms with E-state index < -0.39 is 0 Å². The Morgan fingerprint density at radius 1 is 1.24 bits per heavy atom. The number of hydrogen-bond donors (Lipinski definition) is 1. The summed E-state index contributed by atoms with van der Waals surface area (Å²) in [6.45, 7) is 7.91. The molecule has 1 saturated heterocycles. The van der Waals surface area contributed by atoms with Gasteiger partial charge in [0, 0.05) is 18.6 Å². The lowest BCUT2D eigenvalue weighted by Crippen LogP contribution is -2.44. The summed E-state index contributed by atoms with van der Waals surface area (Å²) in [6, 6.07) is 12.2. The Balaban J connectivity index is 2.10. The highest BCUT2D eigenvalue weighted by molar-refractivity contribution is 5.20.